The summed E-state index contributed by atoms with van der Waals surface area (Å²) in [7, 11) is 0. The maximum Gasteiger partial charge on any atom is 0.273 e. The zero-order valence-corrected chi connectivity index (χ0v) is 17.5. The van der Waals surface area contributed by atoms with Gasteiger partial charge in [0, 0.05) is 18.6 Å². The van der Waals surface area contributed by atoms with Gasteiger partial charge < -0.3 is 9.73 Å². The van der Waals surface area contributed by atoms with Crippen LogP contribution in [0.1, 0.15) is 68.5 Å². The van der Waals surface area contributed by atoms with E-state index in [0.717, 1.165) is 13.0 Å². The Balaban J connectivity index is 2.11. The molecule has 0 spiro atoms. The third-order valence-electron chi connectivity index (χ3n) is 5.16. The Labute approximate surface area is 163 Å². The topological polar surface area (TPSA) is 58.4 Å². The molecule has 0 radical (unpaired) electrons. The maximum absolute atomic E-state index is 12.2. The summed E-state index contributed by atoms with van der Waals surface area (Å²) in [6.45, 7) is 14.2. The molecule has 1 aromatic carbocycles. The highest BCUT2D eigenvalue weighted by molar-refractivity contribution is 5.92. The number of oxazole rings is 1. The van der Waals surface area contributed by atoms with Crippen LogP contribution in [0, 0.1) is 12.8 Å². The predicted molar refractivity (Wildman–Crippen MR) is 108 cm³/mol. The molecule has 2 aromatic rings. The lowest BCUT2D eigenvalue weighted by atomic mass is 10.0. The van der Waals surface area contributed by atoms with E-state index in [0.29, 0.717) is 30.1 Å². The molecule has 1 aromatic heterocycles. The van der Waals surface area contributed by atoms with Crippen molar-refractivity contribution in [2.24, 2.45) is 5.92 Å². The van der Waals surface area contributed by atoms with Crippen molar-refractivity contribution >= 4 is 5.91 Å². The Morgan fingerprint density at radius 3 is 2.41 bits per heavy atom. The van der Waals surface area contributed by atoms with Gasteiger partial charge in [-0.15, -0.1) is 0 Å². The van der Waals surface area contributed by atoms with E-state index in [9.17, 15) is 4.79 Å². The van der Waals surface area contributed by atoms with Crippen LogP contribution in [-0.4, -0.2) is 27.9 Å². The summed E-state index contributed by atoms with van der Waals surface area (Å²) in [5.74, 6) is 0.892. The van der Waals surface area contributed by atoms with Gasteiger partial charge in [-0.05, 0) is 38.7 Å². The maximum atomic E-state index is 12.2. The fraction of sp³-hybridized carbons (Fsp3) is 0.545. The van der Waals surface area contributed by atoms with Gasteiger partial charge in [-0.25, -0.2) is 4.98 Å². The Bertz CT molecular complexity index is 721. The third kappa shape index (κ3) is 6.21. The molecule has 0 bridgehead atoms. The van der Waals surface area contributed by atoms with E-state index < -0.39 is 0 Å². The zero-order valence-electron chi connectivity index (χ0n) is 17.5. The van der Waals surface area contributed by atoms with Crippen molar-refractivity contribution in [3.63, 3.8) is 0 Å². The molecule has 0 saturated carbocycles. The van der Waals surface area contributed by atoms with Crippen LogP contribution in [-0.2, 0) is 13.1 Å². The van der Waals surface area contributed by atoms with E-state index in [4.69, 9.17) is 4.42 Å². The van der Waals surface area contributed by atoms with Crippen molar-refractivity contribution < 1.29 is 9.21 Å². The second kappa shape index (κ2) is 9.70. The quantitative estimate of drug-likeness (QED) is 0.702. The van der Waals surface area contributed by atoms with E-state index in [1.54, 1.807) is 0 Å². The largest absolute Gasteiger partial charge is 0.447 e. The number of hydrogen-bond acceptors (Lipinski definition) is 4. The summed E-state index contributed by atoms with van der Waals surface area (Å²) in [5.41, 5.74) is 2.86. The molecule has 2 atom stereocenters. The lowest BCUT2D eigenvalue weighted by Gasteiger charge is -2.30. The number of benzene rings is 1. The van der Waals surface area contributed by atoms with Crippen molar-refractivity contribution in [3.05, 3.63) is 53.2 Å². The average Bonchev–Trinajstić information content (AvgIpc) is 3.10. The molecule has 5 heteroatoms. The Kier molecular flexibility index (Phi) is 7.60. The number of nitrogens with zero attached hydrogens (tertiary/aromatic N) is 2. The van der Waals surface area contributed by atoms with Gasteiger partial charge in [0.05, 0.1) is 6.54 Å². The van der Waals surface area contributed by atoms with Crippen molar-refractivity contribution in [1.29, 1.82) is 0 Å². The van der Waals surface area contributed by atoms with Crippen molar-refractivity contribution in [2.75, 3.05) is 0 Å². The molecule has 1 N–H and O–H groups in total. The molecule has 148 valence electrons. The van der Waals surface area contributed by atoms with E-state index in [1.165, 1.54) is 17.4 Å². The molecule has 2 unspecified atom stereocenters. The van der Waals surface area contributed by atoms with E-state index in [-0.39, 0.29) is 11.9 Å². The molecule has 5 nitrogen and oxygen atoms in total. The molecule has 0 saturated heterocycles. The first-order valence-electron chi connectivity index (χ1n) is 9.85. The summed E-state index contributed by atoms with van der Waals surface area (Å²) in [6, 6.07) is 9.07. The minimum atomic E-state index is -0.179. The molecule has 1 heterocycles. The number of nitrogens with one attached hydrogen (secondary N) is 1. The predicted octanol–water partition coefficient (Wildman–Crippen LogP) is 4.56. The van der Waals surface area contributed by atoms with Gasteiger partial charge in [-0.1, -0.05) is 50.6 Å². The third-order valence-corrected chi connectivity index (χ3v) is 5.16. The smallest absolute Gasteiger partial charge is 0.273 e. The molecule has 0 aliphatic rings. The summed E-state index contributed by atoms with van der Waals surface area (Å²) < 4.78 is 5.60. The minimum absolute atomic E-state index is 0.122. The monoisotopic (exact) mass is 371 g/mol. The second-order valence-electron chi connectivity index (χ2n) is 7.78. The molecule has 1 amide bonds. The molecule has 0 fully saturated rings. The van der Waals surface area contributed by atoms with Crippen LogP contribution in [0.2, 0.25) is 0 Å². The lowest BCUT2D eigenvalue weighted by molar-refractivity contribution is 0.0934. The number of aryl methyl sites for hydroxylation is 1. The van der Waals surface area contributed by atoms with Gasteiger partial charge in [0.25, 0.3) is 5.91 Å². The Morgan fingerprint density at radius 1 is 1.15 bits per heavy atom. The first kappa shape index (κ1) is 21.2. The minimum Gasteiger partial charge on any atom is -0.447 e. The number of carbonyl (C=O) groups is 1. The highest BCUT2D eigenvalue weighted by Gasteiger charge is 2.21. The lowest BCUT2D eigenvalue weighted by Crippen LogP contribution is -2.36. The molecule has 2 rings (SSSR count). The van der Waals surface area contributed by atoms with Crippen molar-refractivity contribution in [1.82, 2.24) is 15.2 Å². The SMILES string of the molecule is CCC(C)NC(=O)c1coc(CN(Cc2ccc(C)cc2)C(C)C(C)C)n1. The van der Waals surface area contributed by atoms with Crippen LogP contribution in [0.15, 0.2) is 34.9 Å². The summed E-state index contributed by atoms with van der Waals surface area (Å²) in [4.78, 5) is 19.0. The van der Waals surface area contributed by atoms with E-state index in [1.807, 2.05) is 13.8 Å². The first-order valence-corrected chi connectivity index (χ1v) is 9.85. The van der Waals surface area contributed by atoms with Gasteiger partial charge >= 0.3 is 0 Å². The summed E-state index contributed by atoms with van der Waals surface area (Å²) >= 11 is 0. The zero-order chi connectivity index (χ0) is 20.0. The van der Waals surface area contributed by atoms with Crippen molar-refractivity contribution in [3.8, 4) is 0 Å². The number of hydrogen-bond donors (Lipinski definition) is 1. The highest BCUT2D eigenvalue weighted by Crippen LogP contribution is 2.18. The van der Waals surface area contributed by atoms with Crippen LogP contribution in [0.4, 0.5) is 0 Å². The van der Waals surface area contributed by atoms with Gasteiger partial charge in [-0.3, -0.25) is 9.69 Å². The van der Waals surface area contributed by atoms with Gasteiger partial charge in [-0.2, -0.15) is 0 Å². The summed E-state index contributed by atoms with van der Waals surface area (Å²) in [6.07, 6.45) is 2.34. The van der Waals surface area contributed by atoms with Crippen LogP contribution >= 0.6 is 0 Å². The van der Waals surface area contributed by atoms with E-state index in [2.05, 4.69) is 67.2 Å². The van der Waals surface area contributed by atoms with Gasteiger partial charge in [0.15, 0.2) is 5.69 Å². The van der Waals surface area contributed by atoms with Crippen molar-refractivity contribution in [2.45, 2.75) is 73.1 Å². The average molecular weight is 372 g/mol. The highest BCUT2D eigenvalue weighted by atomic mass is 16.3. The number of rotatable bonds is 9. The molecule has 0 aliphatic carbocycles. The summed E-state index contributed by atoms with van der Waals surface area (Å²) in [5, 5.41) is 2.92. The van der Waals surface area contributed by atoms with Crippen LogP contribution in [0.3, 0.4) is 0 Å². The standard InChI is InChI=1S/C22H33N3O2/c1-7-17(5)23-22(26)20-14-27-21(24-20)13-25(18(6)15(2)3)12-19-10-8-16(4)9-11-19/h8-11,14-15,17-18H,7,12-13H2,1-6H3,(H,23,26). The molecular weight excluding hydrogens is 338 g/mol. The fourth-order valence-electron chi connectivity index (χ4n) is 2.75. The second-order valence-corrected chi connectivity index (χ2v) is 7.78. The Hall–Kier alpha value is -2.14. The number of amides is 1. The first-order chi connectivity index (χ1) is 12.8. The normalized spacial score (nSPS) is 13.8. The van der Waals surface area contributed by atoms with Gasteiger partial charge in [0.1, 0.15) is 6.26 Å². The fourth-order valence-corrected chi connectivity index (χ4v) is 2.75. The molecular formula is C22H33N3O2. The molecule has 27 heavy (non-hydrogen) atoms. The van der Waals surface area contributed by atoms with E-state index >= 15 is 0 Å². The van der Waals surface area contributed by atoms with Crippen LogP contribution in [0.5, 0.6) is 0 Å². The van der Waals surface area contributed by atoms with Gasteiger partial charge in [0.2, 0.25) is 5.89 Å². The van der Waals surface area contributed by atoms with Crippen LogP contribution in [0.25, 0.3) is 0 Å². The number of carbonyl (C=O) groups excluding carboxylic acids is 1. The van der Waals surface area contributed by atoms with Crippen LogP contribution < -0.4 is 5.32 Å². The number of aromatic nitrogens is 1. The Morgan fingerprint density at radius 2 is 1.81 bits per heavy atom. The molecule has 0 aliphatic heterocycles.